The van der Waals surface area contributed by atoms with Gasteiger partial charge in [0.25, 0.3) is 0 Å². The quantitative estimate of drug-likeness (QED) is 0.814. The van der Waals surface area contributed by atoms with Crippen molar-refractivity contribution >= 4 is 17.4 Å². The summed E-state index contributed by atoms with van der Waals surface area (Å²) in [5.74, 6) is 0.382. The lowest BCUT2D eigenvalue weighted by Crippen LogP contribution is -2.40. The van der Waals surface area contributed by atoms with Crippen LogP contribution in [0.3, 0.4) is 0 Å². The van der Waals surface area contributed by atoms with Gasteiger partial charge in [-0.3, -0.25) is 4.57 Å². The van der Waals surface area contributed by atoms with E-state index in [0.29, 0.717) is 23.0 Å². The first kappa shape index (κ1) is 20.2. The first-order valence-electron chi connectivity index (χ1n) is 8.15. The molecule has 2 heterocycles. The molecule has 1 N–H and O–H groups in total. The van der Waals surface area contributed by atoms with E-state index >= 15 is 0 Å². The maximum absolute atomic E-state index is 12.8. The summed E-state index contributed by atoms with van der Waals surface area (Å²) in [4.78, 5) is 18.4. The standard InChI is InChI=1S/C17H16ClF3N5O2/c1-11-22-7-2-8-24(11)10-26-16(28)25(9-14(27)17(19,20)21)15(23-26)12-3-5-13(18)6-4-12/h2-7,14,27H,1,8-10H2/t14-/m0/s1. The van der Waals surface area contributed by atoms with Gasteiger partial charge in [0, 0.05) is 30.3 Å². The summed E-state index contributed by atoms with van der Waals surface area (Å²) in [5, 5.41) is 14.1. The molecule has 149 valence electrons. The van der Waals surface area contributed by atoms with Crippen molar-refractivity contribution in [3.63, 3.8) is 0 Å². The molecule has 0 unspecified atom stereocenters. The molecule has 0 saturated carbocycles. The normalized spacial score (nSPS) is 15.6. The predicted octanol–water partition coefficient (Wildman–Crippen LogP) is 2.31. The molecule has 0 amide bonds. The molecular weight excluding hydrogens is 399 g/mol. The van der Waals surface area contributed by atoms with Crippen LogP contribution in [-0.4, -0.2) is 49.0 Å². The zero-order valence-electron chi connectivity index (χ0n) is 14.5. The first-order chi connectivity index (χ1) is 13.2. The number of aliphatic hydroxyl groups excluding tert-OH is 1. The Balaban J connectivity index is 2.01. The average Bonchev–Trinajstić information content (AvgIpc) is 2.93. The number of aliphatic hydroxyl groups is 1. The maximum Gasteiger partial charge on any atom is 0.416 e. The molecule has 0 bridgehead atoms. The van der Waals surface area contributed by atoms with Crippen molar-refractivity contribution in [2.75, 3.05) is 6.54 Å². The molecule has 0 aliphatic carbocycles. The van der Waals surface area contributed by atoms with E-state index in [9.17, 15) is 23.1 Å². The molecule has 1 aliphatic rings. The molecule has 1 aromatic carbocycles. The molecule has 11 heteroatoms. The van der Waals surface area contributed by atoms with Crippen LogP contribution >= 0.6 is 11.6 Å². The number of rotatable bonds is 5. The first-order valence-corrected chi connectivity index (χ1v) is 8.52. The minimum absolute atomic E-state index is 0.0138. The molecular formula is C17H16ClF3N5O2. The van der Waals surface area contributed by atoms with Crippen molar-refractivity contribution in [1.29, 1.82) is 0 Å². The average molecular weight is 415 g/mol. The number of hydrogen-bond donors (Lipinski definition) is 1. The lowest BCUT2D eigenvalue weighted by Gasteiger charge is -2.23. The molecule has 0 spiro atoms. The van der Waals surface area contributed by atoms with E-state index in [2.05, 4.69) is 17.0 Å². The predicted molar refractivity (Wildman–Crippen MR) is 97.6 cm³/mol. The molecule has 3 rings (SSSR count). The largest absolute Gasteiger partial charge is 0.416 e. The van der Waals surface area contributed by atoms with Crippen LogP contribution in [0.2, 0.25) is 5.02 Å². The van der Waals surface area contributed by atoms with Gasteiger partial charge in [-0.1, -0.05) is 11.6 Å². The van der Waals surface area contributed by atoms with Gasteiger partial charge in [0.05, 0.1) is 6.54 Å². The Bertz CT molecular complexity index is 963. The smallest absolute Gasteiger partial charge is 0.382 e. The molecule has 28 heavy (non-hydrogen) atoms. The van der Waals surface area contributed by atoms with Gasteiger partial charge in [-0.15, -0.1) is 5.10 Å². The third kappa shape index (κ3) is 4.28. The Labute approximate surface area is 163 Å². The van der Waals surface area contributed by atoms with Crippen molar-refractivity contribution < 1.29 is 18.3 Å². The fourth-order valence-corrected chi connectivity index (χ4v) is 2.71. The third-order valence-electron chi connectivity index (χ3n) is 4.08. The fraction of sp³-hybridized carbons (Fsp3) is 0.294. The number of aliphatic imine (C=N–C) groups is 1. The van der Waals surface area contributed by atoms with Crippen LogP contribution in [0.25, 0.3) is 11.4 Å². The maximum atomic E-state index is 12.8. The topological polar surface area (TPSA) is 75.7 Å². The van der Waals surface area contributed by atoms with Gasteiger partial charge in [0.1, 0.15) is 12.5 Å². The van der Waals surface area contributed by atoms with E-state index < -0.39 is 24.5 Å². The van der Waals surface area contributed by atoms with Crippen LogP contribution in [0.1, 0.15) is 0 Å². The highest BCUT2D eigenvalue weighted by molar-refractivity contribution is 6.30. The Kier molecular flexibility index (Phi) is 5.61. The van der Waals surface area contributed by atoms with Crippen molar-refractivity contribution in [2.45, 2.75) is 25.5 Å². The van der Waals surface area contributed by atoms with Gasteiger partial charge in [-0.05, 0) is 30.3 Å². The second kappa shape index (κ2) is 7.80. The van der Waals surface area contributed by atoms with E-state index in [4.69, 9.17) is 11.6 Å². The monoisotopic (exact) mass is 414 g/mol. The molecule has 1 radical (unpaired) electrons. The van der Waals surface area contributed by atoms with Crippen molar-refractivity contribution in [3.8, 4) is 11.4 Å². The van der Waals surface area contributed by atoms with E-state index in [0.717, 1.165) is 9.25 Å². The lowest BCUT2D eigenvalue weighted by atomic mass is 10.2. The Morgan fingerprint density at radius 2 is 1.96 bits per heavy atom. The number of amidine groups is 1. The van der Waals surface area contributed by atoms with E-state index in [1.165, 1.54) is 24.3 Å². The summed E-state index contributed by atoms with van der Waals surface area (Å²) in [6.07, 6.45) is -4.27. The molecule has 2 aromatic rings. The Hall–Kier alpha value is -2.59. The highest BCUT2D eigenvalue weighted by atomic mass is 35.5. The molecule has 1 atom stereocenters. The van der Waals surface area contributed by atoms with Crippen LogP contribution in [0.4, 0.5) is 13.2 Å². The SMILES string of the molecule is [CH2]C1=NC=CCN1Cn1nc(-c2ccc(Cl)cc2)n(C[C@H](O)C(F)(F)F)c1=O. The van der Waals surface area contributed by atoms with E-state index in [1.807, 2.05) is 0 Å². The zero-order valence-corrected chi connectivity index (χ0v) is 15.2. The summed E-state index contributed by atoms with van der Waals surface area (Å²) in [6, 6.07) is 6.12. The summed E-state index contributed by atoms with van der Waals surface area (Å²) < 4.78 is 40.3. The van der Waals surface area contributed by atoms with Crippen LogP contribution in [-0.2, 0) is 13.2 Å². The highest BCUT2D eigenvalue weighted by Gasteiger charge is 2.39. The van der Waals surface area contributed by atoms with Crippen LogP contribution in [0, 0.1) is 6.92 Å². The number of halogens is 4. The van der Waals surface area contributed by atoms with Gasteiger partial charge < -0.3 is 10.0 Å². The number of alkyl halides is 3. The second-order valence-electron chi connectivity index (χ2n) is 6.07. The molecule has 0 saturated heterocycles. The summed E-state index contributed by atoms with van der Waals surface area (Å²) in [5.41, 5.74) is -0.410. The van der Waals surface area contributed by atoms with Gasteiger partial charge >= 0.3 is 11.9 Å². The Morgan fingerprint density at radius 1 is 1.29 bits per heavy atom. The summed E-state index contributed by atoms with van der Waals surface area (Å²) >= 11 is 5.85. The van der Waals surface area contributed by atoms with E-state index in [1.54, 1.807) is 17.2 Å². The van der Waals surface area contributed by atoms with Crippen molar-refractivity contribution in [2.24, 2.45) is 4.99 Å². The fourth-order valence-electron chi connectivity index (χ4n) is 2.59. The van der Waals surface area contributed by atoms with Crippen molar-refractivity contribution in [1.82, 2.24) is 19.2 Å². The lowest BCUT2D eigenvalue weighted by molar-refractivity contribution is -0.207. The van der Waals surface area contributed by atoms with Crippen LogP contribution in [0.5, 0.6) is 0 Å². The van der Waals surface area contributed by atoms with Gasteiger partial charge in [0.15, 0.2) is 11.9 Å². The third-order valence-corrected chi connectivity index (χ3v) is 4.34. The van der Waals surface area contributed by atoms with Crippen LogP contribution in [0.15, 0.2) is 46.3 Å². The van der Waals surface area contributed by atoms with Gasteiger partial charge in [-0.25, -0.2) is 9.79 Å². The van der Waals surface area contributed by atoms with Gasteiger partial charge in [-0.2, -0.15) is 17.9 Å². The molecule has 1 aromatic heterocycles. The zero-order chi connectivity index (χ0) is 20.5. The van der Waals surface area contributed by atoms with Crippen molar-refractivity contribution in [3.05, 3.63) is 59.0 Å². The van der Waals surface area contributed by atoms with Gasteiger partial charge in [0.2, 0.25) is 0 Å². The minimum atomic E-state index is -4.87. The number of hydrogen-bond acceptors (Lipinski definition) is 5. The Morgan fingerprint density at radius 3 is 2.57 bits per heavy atom. The number of aromatic nitrogens is 3. The highest BCUT2D eigenvalue weighted by Crippen LogP contribution is 2.24. The second-order valence-corrected chi connectivity index (χ2v) is 6.51. The van der Waals surface area contributed by atoms with E-state index in [-0.39, 0.29) is 12.5 Å². The molecule has 1 aliphatic heterocycles. The molecule has 7 nitrogen and oxygen atoms in total. The van der Waals surface area contributed by atoms with Crippen LogP contribution < -0.4 is 5.69 Å². The number of nitrogens with zero attached hydrogens (tertiary/aromatic N) is 5. The molecule has 0 fully saturated rings. The summed E-state index contributed by atoms with van der Waals surface area (Å²) in [6.45, 7) is 3.14. The number of benzene rings is 1. The minimum Gasteiger partial charge on any atom is -0.382 e. The summed E-state index contributed by atoms with van der Waals surface area (Å²) in [7, 11) is 0.